The van der Waals surface area contributed by atoms with Crippen LogP contribution in [0.4, 0.5) is 16.2 Å². The van der Waals surface area contributed by atoms with Crippen LogP contribution < -0.4 is 16.4 Å². The number of amides is 2. The number of aromatic nitrogens is 1. The molecule has 8 nitrogen and oxygen atoms in total. The molecule has 2 heterocycles. The number of ketones is 1. The summed E-state index contributed by atoms with van der Waals surface area (Å²) in [7, 11) is 0. The van der Waals surface area contributed by atoms with Crippen LogP contribution in [0.25, 0.3) is 0 Å². The molecule has 0 saturated heterocycles. The number of fused-ring (bicyclic) bond motifs is 1. The number of carbonyl (C=O) groups excluding carboxylic acids is 2. The Kier molecular flexibility index (Phi) is 3.94. The molecule has 5 N–H and O–H groups in total. The molecule has 4 aliphatic carbocycles. The smallest absolute Gasteiger partial charge is 0.312 e. The molecule has 3 unspecified atom stereocenters. The second kappa shape index (κ2) is 6.27. The minimum atomic E-state index is -0.732. The van der Waals surface area contributed by atoms with Crippen LogP contribution in [-0.2, 0) is 6.42 Å². The number of anilines is 1. The predicted molar refractivity (Wildman–Crippen MR) is 104 cm³/mol. The van der Waals surface area contributed by atoms with E-state index in [1.165, 1.54) is 0 Å². The summed E-state index contributed by atoms with van der Waals surface area (Å²) < 4.78 is 0. The Morgan fingerprint density at radius 1 is 1.25 bits per heavy atom. The fourth-order valence-corrected chi connectivity index (χ4v) is 6.06. The lowest BCUT2D eigenvalue weighted by Crippen LogP contribution is -2.59. The molecule has 0 radical (unpaired) electrons. The standard InChI is InChI=1S/C20H25N5O3/c21-19(27)24-9-15(26)13-8-23-14-1-2-22-18(14)17(13)25-16-11-3-10-4-12(16)7-20(28,5-10)6-11/h2,8,10-12,16,28H,1,3-7,9H2,(H,23,25)(H3,21,24,27)/t10?,11-,12+,16?,20?. The molecule has 28 heavy (non-hydrogen) atoms. The van der Waals surface area contributed by atoms with Crippen LogP contribution in [0.1, 0.15) is 48.2 Å². The Morgan fingerprint density at radius 2 is 2.00 bits per heavy atom. The van der Waals surface area contributed by atoms with Gasteiger partial charge in [0.15, 0.2) is 5.78 Å². The Bertz CT molecular complexity index is 867. The van der Waals surface area contributed by atoms with Crippen molar-refractivity contribution in [1.29, 1.82) is 0 Å². The van der Waals surface area contributed by atoms with Gasteiger partial charge in [-0.2, -0.15) is 0 Å². The monoisotopic (exact) mass is 383 g/mol. The first-order chi connectivity index (χ1) is 13.4. The van der Waals surface area contributed by atoms with Crippen molar-refractivity contribution in [2.75, 3.05) is 11.9 Å². The fourth-order valence-electron chi connectivity index (χ4n) is 6.06. The first kappa shape index (κ1) is 17.6. The molecule has 4 saturated carbocycles. The number of nitrogens with two attached hydrogens (primary N) is 1. The van der Waals surface area contributed by atoms with Crippen molar-refractivity contribution in [3.8, 4) is 0 Å². The lowest BCUT2D eigenvalue weighted by Gasteiger charge is -2.58. The van der Waals surface area contributed by atoms with Gasteiger partial charge in [-0.15, -0.1) is 0 Å². The van der Waals surface area contributed by atoms with Crippen LogP contribution in [0.15, 0.2) is 11.2 Å². The Balaban J connectivity index is 1.46. The van der Waals surface area contributed by atoms with Crippen LogP contribution in [0.3, 0.4) is 0 Å². The first-order valence-corrected chi connectivity index (χ1v) is 10.0. The maximum absolute atomic E-state index is 12.7. The Hall–Kier alpha value is -2.48. The molecule has 1 aromatic rings. The number of nitrogens with zero attached hydrogens (tertiary/aromatic N) is 2. The van der Waals surface area contributed by atoms with Crippen LogP contribution in [-0.4, -0.2) is 46.3 Å². The van der Waals surface area contributed by atoms with Gasteiger partial charge in [0.05, 0.1) is 29.1 Å². The summed E-state index contributed by atoms with van der Waals surface area (Å²) in [6, 6.07) is -0.515. The number of nitrogens with one attached hydrogen (secondary N) is 2. The number of urea groups is 1. The van der Waals surface area contributed by atoms with Crippen molar-refractivity contribution >= 4 is 29.4 Å². The topological polar surface area (TPSA) is 130 Å². The van der Waals surface area contributed by atoms with E-state index in [-0.39, 0.29) is 18.4 Å². The van der Waals surface area contributed by atoms with Gasteiger partial charge in [-0.3, -0.25) is 14.8 Å². The quantitative estimate of drug-likeness (QED) is 0.573. The van der Waals surface area contributed by atoms with E-state index in [4.69, 9.17) is 5.73 Å². The van der Waals surface area contributed by atoms with Crippen molar-refractivity contribution in [2.24, 2.45) is 28.5 Å². The summed E-state index contributed by atoms with van der Waals surface area (Å²) >= 11 is 0. The van der Waals surface area contributed by atoms with Crippen LogP contribution in [0, 0.1) is 17.8 Å². The molecule has 6 rings (SSSR count). The second-order valence-corrected chi connectivity index (χ2v) is 8.86. The Labute approximate surface area is 163 Å². The van der Waals surface area contributed by atoms with E-state index >= 15 is 0 Å². The number of aliphatic hydroxyl groups is 1. The van der Waals surface area contributed by atoms with Gasteiger partial charge in [-0.1, -0.05) is 0 Å². The number of hydrogen-bond acceptors (Lipinski definition) is 6. The summed E-state index contributed by atoms with van der Waals surface area (Å²) in [6.45, 7) is -0.173. The van der Waals surface area contributed by atoms with E-state index < -0.39 is 11.6 Å². The van der Waals surface area contributed by atoms with E-state index in [9.17, 15) is 14.7 Å². The highest BCUT2D eigenvalue weighted by Crippen LogP contribution is 2.56. The minimum absolute atomic E-state index is 0.173. The zero-order chi connectivity index (χ0) is 19.5. The van der Waals surface area contributed by atoms with Gasteiger partial charge < -0.3 is 21.5 Å². The van der Waals surface area contributed by atoms with Crippen molar-refractivity contribution in [1.82, 2.24) is 10.3 Å². The number of aliphatic imine (C=N–C) groups is 1. The SMILES string of the molecule is NC(=O)NCC(=O)c1cnc2c(c1NC1[C@@H]3CC4C[C@H]1CC(O)(C4)C3)N=CC2. The van der Waals surface area contributed by atoms with Gasteiger partial charge in [-0.05, 0) is 49.9 Å². The van der Waals surface area contributed by atoms with Crippen molar-refractivity contribution in [2.45, 2.75) is 50.2 Å². The molecule has 1 aliphatic heterocycles. The third kappa shape index (κ3) is 2.87. The maximum Gasteiger partial charge on any atom is 0.312 e. The number of hydrogen-bond donors (Lipinski definition) is 4. The normalized spacial score (nSPS) is 34.3. The van der Waals surface area contributed by atoms with Crippen molar-refractivity contribution < 1.29 is 14.7 Å². The summed E-state index contributed by atoms with van der Waals surface area (Å²) in [4.78, 5) is 32.6. The zero-order valence-electron chi connectivity index (χ0n) is 15.6. The summed E-state index contributed by atoms with van der Waals surface area (Å²) in [5, 5.41) is 16.8. The number of primary amides is 1. The number of rotatable bonds is 5. The highest BCUT2D eigenvalue weighted by atomic mass is 16.3. The molecule has 1 aromatic heterocycles. The fraction of sp³-hybridized carbons (Fsp3) is 0.600. The predicted octanol–water partition coefficient (Wildman–Crippen LogP) is 1.54. The summed E-state index contributed by atoms with van der Waals surface area (Å²) in [5.41, 5.74) is 7.31. The van der Waals surface area contributed by atoms with E-state index in [0.717, 1.165) is 43.5 Å². The molecule has 5 atom stereocenters. The number of pyridine rings is 1. The lowest BCUT2D eigenvalue weighted by atomic mass is 9.52. The van der Waals surface area contributed by atoms with Gasteiger partial charge in [0, 0.05) is 24.9 Å². The highest BCUT2D eigenvalue weighted by Gasteiger charge is 2.54. The largest absolute Gasteiger partial charge is 0.390 e. The van der Waals surface area contributed by atoms with Gasteiger partial charge >= 0.3 is 6.03 Å². The van der Waals surface area contributed by atoms with Crippen LogP contribution >= 0.6 is 0 Å². The second-order valence-electron chi connectivity index (χ2n) is 8.86. The lowest BCUT2D eigenvalue weighted by molar-refractivity contribution is -0.129. The molecule has 5 aliphatic rings. The number of Topliss-reactive ketones (excluding diaryl/α,β-unsaturated/α-hetero) is 1. The molecule has 2 amide bonds. The highest BCUT2D eigenvalue weighted by molar-refractivity contribution is 6.06. The third-order valence-corrected chi connectivity index (χ3v) is 6.91. The van der Waals surface area contributed by atoms with Gasteiger partial charge in [0.2, 0.25) is 0 Å². The molecule has 148 valence electrons. The molecule has 4 fully saturated rings. The Morgan fingerprint density at radius 3 is 2.68 bits per heavy atom. The molecule has 4 bridgehead atoms. The van der Waals surface area contributed by atoms with Gasteiger partial charge in [0.1, 0.15) is 5.69 Å². The van der Waals surface area contributed by atoms with Crippen LogP contribution in [0.5, 0.6) is 0 Å². The van der Waals surface area contributed by atoms with E-state index in [2.05, 4.69) is 20.6 Å². The summed E-state index contributed by atoms with van der Waals surface area (Å²) in [6.07, 6.45) is 8.85. The molecular weight excluding hydrogens is 358 g/mol. The zero-order valence-corrected chi connectivity index (χ0v) is 15.6. The molecule has 0 spiro atoms. The molecular formula is C20H25N5O3. The third-order valence-electron chi connectivity index (χ3n) is 6.91. The van der Waals surface area contributed by atoms with Crippen molar-refractivity contribution in [3.05, 3.63) is 17.5 Å². The van der Waals surface area contributed by atoms with E-state index in [1.54, 1.807) is 12.4 Å². The number of carbonyl (C=O) groups is 2. The minimum Gasteiger partial charge on any atom is -0.390 e. The summed E-state index contributed by atoms with van der Waals surface area (Å²) in [5.74, 6) is 1.16. The first-order valence-electron chi connectivity index (χ1n) is 10.0. The molecule has 0 aromatic carbocycles. The molecule has 8 heteroatoms. The van der Waals surface area contributed by atoms with Crippen LogP contribution in [0.2, 0.25) is 0 Å². The van der Waals surface area contributed by atoms with Gasteiger partial charge in [-0.25, -0.2) is 4.79 Å². The van der Waals surface area contributed by atoms with E-state index in [1.807, 2.05) is 0 Å². The maximum atomic E-state index is 12.7. The average molecular weight is 383 g/mol. The van der Waals surface area contributed by atoms with Gasteiger partial charge in [0.25, 0.3) is 0 Å². The van der Waals surface area contributed by atoms with E-state index in [0.29, 0.717) is 35.4 Å². The average Bonchev–Trinajstić information content (AvgIpc) is 3.10. The van der Waals surface area contributed by atoms with Crippen molar-refractivity contribution in [3.63, 3.8) is 0 Å².